The number of hydrogen-bond acceptors (Lipinski definition) is 7. The van der Waals surface area contributed by atoms with Gasteiger partial charge in [0, 0.05) is 17.0 Å². The Morgan fingerprint density at radius 3 is 2.51 bits per heavy atom. The number of hydrogen-bond donors (Lipinski definition) is 2. The molecule has 0 amide bonds. The predicted molar refractivity (Wildman–Crippen MR) is 137 cm³/mol. The van der Waals surface area contributed by atoms with Gasteiger partial charge in [0.15, 0.2) is 5.03 Å². The molecule has 39 heavy (non-hydrogen) atoms. The van der Waals surface area contributed by atoms with Gasteiger partial charge in [-0.2, -0.15) is 21.6 Å². The van der Waals surface area contributed by atoms with E-state index in [9.17, 15) is 30.8 Å². The molecule has 14 heteroatoms. The number of methoxy groups -OCH3 is 1. The fraction of sp³-hybridized carbons (Fsp3) is 0.320. The number of rotatable bonds is 7. The van der Waals surface area contributed by atoms with Crippen molar-refractivity contribution in [1.82, 2.24) is 9.97 Å². The lowest BCUT2D eigenvalue weighted by Gasteiger charge is -2.29. The molecule has 0 radical (unpaired) electrons. The maximum atomic E-state index is 14.2. The third kappa shape index (κ3) is 6.06. The first-order chi connectivity index (χ1) is 18.1. The van der Waals surface area contributed by atoms with Crippen LogP contribution in [0.15, 0.2) is 40.7 Å². The first kappa shape index (κ1) is 28.5. The Kier molecular flexibility index (Phi) is 7.47. The van der Waals surface area contributed by atoms with Crippen molar-refractivity contribution in [3.8, 4) is 16.3 Å². The van der Waals surface area contributed by atoms with Gasteiger partial charge in [-0.05, 0) is 48.4 Å². The largest absolute Gasteiger partial charge is 0.495 e. The number of ether oxygens (including phenoxy) is 1. The number of nitrogens with one attached hydrogen (secondary N) is 1. The summed E-state index contributed by atoms with van der Waals surface area (Å²) in [7, 11) is -3.28. The Balaban J connectivity index is 1.73. The van der Waals surface area contributed by atoms with Crippen molar-refractivity contribution in [2.45, 2.75) is 44.3 Å². The number of sulfonamides is 1. The van der Waals surface area contributed by atoms with Crippen LogP contribution in [0, 0.1) is 11.2 Å². The second kappa shape index (κ2) is 10.2. The molecular weight excluding hydrogens is 562 g/mol. The second-order valence-corrected chi connectivity index (χ2v) is 12.1. The molecule has 208 valence electrons. The molecule has 0 fully saturated rings. The molecule has 8 nitrogen and oxygen atoms in total. The van der Waals surface area contributed by atoms with Gasteiger partial charge in [0.1, 0.15) is 22.3 Å². The number of thiazole rings is 1. The van der Waals surface area contributed by atoms with Crippen LogP contribution in [-0.4, -0.2) is 36.6 Å². The van der Waals surface area contributed by atoms with Gasteiger partial charge in [-0.25, -0.2) is 19.2 Å². The number of allylic oxidation sites excluding steroid dienone is 2. The highest BCUT2D eigenvalue weighted by molar-refractivity contribution is 7.92. The Morgan fingerprint density at radius 1 is 1.21 bits per heavy atom. The SMILES string of the molecule is COc1cc(C(=O)O)c(F)cc1NS(=O)(=O)c1csc(-c2ccc(C(F)(F)F)nc2C2=CCC(C)(C)CC2)n1. The summed E-state index contributed by atoms with van der Waals surface area (Å²) in [5.41, 5.74) is -1.21. The minimum absolute atomic E-state index is 0.0113. The van der Waals surface area contributed by atoms with Crippen molar-refractivity contribution in [3.63, 3.8) is 0 Å². The van der Waals surface area contributed by atoms with E-state index in [1.807, 2.05) is 6.08 Å². The summed E-state index contributed by atoms with van der Waals surface area (Å²) in [5, 5.41) is 9.92. The zero-order chi connectivity index (χ0) is 28.8. The third-order valence-electron chi connectivity index (χ3n) is 6.21. The molecule has 2 N–H and O–H groups in total. The Hall–Kier alpha value is -3.52. The van der Waals surface area contributed by atoms with Crippen LogP contribution < -0.4 is 9.46 Å². The van der Waals surface area contributed by atoms with E-state index in [0.717, 1.165) is 37.0 Å². The quantitative estimate of drug-likeness (QED) is 0.305. The van der Waals surface area contributed by atoms with Gasteiger partial charge in [0.25, 0.3) is 10.0 Å². The molecule has 0 aliphatic heterocycles. The molecule has 3 aromatic rings. The van der Waals surface area contributed by atoms with E-state index in [4.69, 9.17) is 9.84 Å². The van der Waals surface area contributed by atoms with E-state index in [2.05, 4.69) is 28.5 Å². The normalized spacial score (nSPS) is 15.5. The van der Waals surface area contributed by atoms with Gasteiger partial charge in [0.2, 0.25) is 0 Å². The van der Waals surface area contributed by atoms with Crippen molar-refractivity contribution in [3.05, 3.63) is 58.5 Å². The van der Waals surface area contributed by atoms with Gasteiger partial charge < -0.3 is 9.84 Å². The van der Waals surface area contributed by atoms with E-state index in [1.165, 1.54) is 11.4 Å². The lowest BCUT2D eigenvalue weighted by Crippen LogP contribution is -2.16. The zero-order valence-corrected chi connectivity index (χ0v) is 22.5. The molecule has 1 aliphatic carbocycles. The van der Waals surface area contributed by atoms with Gasteiger partial charge in [-0.15, -0.1) is 11.3 Å². The number of aromatic nitrogens is 2. The molecule has 2 heterocycles. The van der Waals surface area contributed by atoms with Crippen molar-refractivity contribution >= 4 is 38.6 Å². The van der Waals surface area contributed by atoms with Crippen LogP contribution >= 0.6 is 11.3 Å². The highest BCUT2D eigenvalue weighted by Crippen LogP contribution is 2.42. The monoisotopic (exact) mass is 585 g/mol. The summed E-state index contributed by atoms with van der Waals surface area (Å²) in [6, 6.07) is 3.54. The lowest BCUT2D eigenvalue weighted by molar-refractivity contribution is -0.141. The summed E-state index contributed by atoms with van der Waals surface area (Å²) >= 11 is 0.889. The molecular formula is C25H23F4N3O5S2. The number of carbonyl (C=O) groups is 1. The summed E-state index contributed by atoms with van der Waals surface area (Å²) < 4.78 is 87.9. The minimum atomic E-state index is -4.67. The van der Waals surface area contributed by atoms with Crippen molar-refractivity contribution in [2.75, 3.05) is 11.8 Å². The molecule has 4 rings (SSSR count). The second-order valence-electron chi connectivity index (χ2n) is 9.62. The molecule has 2 aromatic heterocycles. The summed E-state index contributed by atoms with van der Waals surface area (Å²) in [5.74, 6) is -3.00. The van der Waals surface area contributed by atoms with E-state index < -0.39 is 44.3 Å². The average molecular weight is 586 g/mol. The van der Waals surface area contributed by atoms with Crippen molar-refractivity contribution in [2.24, 2.45) is 5.41 Å². The van der Waals surface area contributed by atoms with Crippen LogP contribution in [0.1, 0.15) is 54.9 Å². The fourth-order valence-corrected chi connectivity index (χ4v) is 6.18. The van der Waals surface area contributed by atoms with Crippen LogP contribution in [-0.2, 0) is 16.2 Å². The number of halogens is 4. The number of anilines is 1. The molecule has 1 aromatic carbocycles. The van der Waals surface area contributed by atoms with Gasteiger partial charge in [-0.3, -0.25) is 4.72 Å². The highest BCUT2D eigenvalue weighted by Gasteiger charge is 2.34. The van der Waals surface area contributed by atoms with Gasteiger partial charge >= 0.3 is 12.1 Å². The van der Waals surface area contributed by atoms with Crippen LogP contribution in [0.4, 0.5) is 23.2 Å². The molecule has 0 atom stereocenters. The smallest absolute Gasteiger partial charge is 0.433 e. The first-order valence-corrected chi connectivity index (χ1v) is 13.8. The van der Waals surface area contributed by atoms with Crippen LogP contribution in [0.2, 0.25) is 0 Å². The van der Waals surface area contributed by atoms with Gasteiger partial charge in [0.05, 0.1) is 24.1 Å². The number of carboxylic acids is 1. The first-order valence-electron chi connectivity index (χ1n) is 11.5. The summed E-state index contributed by atoms with van der Waals surface area (Å²) in [6.07, 6.45) is -0.960. The fourth-order valence-electron chi connectivity index (χ4n) is 4.00. The molecule has 0 bridgehead atoms. The highest BCUT2D eigenvalue weighted by atomic mass is 32.2. The average Bonchev–Trinajstić information content (AvgIpc) is 3.34. The van der Waals surface area contributed by atoms with E-state index in [-0.39, 0.29) is 33.1 Å². The Morgan fingerprint density at radius 2 is 1.92 bits per heavy atom. The maximum Gasteiger partial charge on any atom is 0.433 e. The maximum absolute atomic E-state index is 14.2. The van der Waals surface area contributed by atoms with Crippen LogP contribution in [0.25, 0.3) is 16.1 Å². The Labute approximate surface area is 225 Å². The number of alkyl halides is 3. The van der Waals surface area contributed by atoms with E-state index >= 15 is 0 Å². The van der Waals surface area contributed by atoms with Crippen LogP contribution in [0.3, 0.4) is 0 Å². The predicted octanol–water partition coefficient (Wildman–Crippen LogP) is 6.46. The molecule has 0 saturated heterocycles. The van der Waals surface area contributed by atoms with Crippen LogP contribution in [0.5, 0.6) is 5.75 Å². The van der Waals surface area contributed by atoms with E-state index in [1.54, 1.807) is 0 Å². The number of benzene rings is 1. The molecule has 0 saturated carbocycles. The number of aromatic carboxylic acids is 1. The Bertz CT molecular complexity index is 1580. The number of pyridine rings is 1. The zero-order valence-electron chi connectivity index (χ0n) is 20.9. The van der Waals surface area contributed by atoms with E-state index in [0.29, 0.717) is 24.5 Å². The molecule has 0 unspecified atom stereocenters. The van der Waals surface area contributed by atoms with Crippen molar-refractivity contribution < 1.29 is 40.6 Å². The number of nitrogens with zero attached hydrogens (tertiary/aromatic N) is 2. The molecule has 1 aliphatic rings. The number of carboxylic acid groups (broad SMARTS) is 1. The topological polar surface area (TPSA) is 118 Å². The van der Waals surface area contributed by atoms with Crippen molar-refractivity contribution in [1.29, 1.82) is 0 Å². The molecule has 0 spiro atoms. The lowest BCUT2D eigenvalue weighted by atomic mass is 9.77. The minimum Gasteiger partial charge on any atom is -0.495 e. The summed E-state index contributed by atoms with van der Waals surface area (Å²) in [6.45, 7) is 4.11. The van der Waals surface area contributed by atoms with Gasteiger partial charge in [-0.1, -0.05) is 19.9 Å². The standard InChI is InChI=1S/C25H23F4N3O5S2/c1-24(2)8-6-13(7-9-24)21-14(4-5-19(30-21)25(27,28)29)22-31-20(12-38-22)39(35,36)32-17-11-16(26)15(23(33)34)10-18(17)37-3/h4-6,10-12,32H,7-9H2,1-3H3,(H,33,34). The summed E-state index contributed by atoms with van der Waals surface area (Å²) in [4.78, 5) is 19.2. The third-order valence-corrected chi connectivity index (χ3v) is 8.49.